The van der Waals surface area contributed by atoms with Gasteiger partial charge in [0.05, 0.1) is 22.6 Å². The Morgan fingerprint density at radius 2 is 1.72 bits per heavy atom. The molecule has 0 unspecified atom stereocenters. The Hall–Kier alpha value is -3.63. The number of aromatic nitrogens is 6. The Kier molecular flexibility index (Phi) is 6.09. The van der Waals surface area contributed by atoms with Gasteiger partial charge in [-0.05, 0) is 56.4 Å². The summed E-state index contributed by atoms with van der Waals surface area (Å²) in [5.41, 5.74) is 2.97. The van der Waals surface area contributed by atoms with Gasteiger partial charge in [-0.25, -0.2) is 23.4 Å². The summed E-state index contributed by atoms with van der Waals surface area (Å²) in [5, 5.41) is 8.89. The third kappa shape index (κ3) is 4.87. The molecule has 1 aliphatic rings. The Labute approximate surface area is 203 Å². The fraction of sp³-hybridized carbons (Fsp3) is 0.360. The van der Waals surface area contributed by atoms with Crippen LogP contribution in [0.4, 0.5) is 22.0 Å². The van der Waals surface area contributed by atoms with E-state index in [1.165, 1.54) is 24.5 Å². The predicted molar refractivity (Wildman–Crippen MR) is 122 cm³/mol. The molecule has 0 aliphatic heterocycles. The van der Waals surface area contributed by atoms with E-state index in [1.54, 1.807) is 13.0 Å². The van der Waals surface area contributed by atoms with Crippen LogP contribution >= 0.6 is 0 Å². The van der Waals surface area contributed by atoms with Crippen LogP contribution in [0.25, 0.3) is 17.1 Å². The number of alkyl halides is 5. The largest absolute Gasteiger partial charge is 0.416 e. The minimum absolute atomic E-state index is 0.234. The van der Waals surface area contributed by atoms with E-state index in [1.807, 2.05) is 11.6 Å². The quantitative estimate of drug-likeness (QED) is 0.287. The van der Waals surface area contributed by atoms with Crippen LogP contribution in [0, 0.1) is 19.8 Å². The lowest BCUT2D eigenvalue weighted by Crippen LogP contribution is -2.10. The van der Waals surface area contributed by atoms with Crippen LogP contribution in [0.15, 0.2) is 42.7 Å². The van der Waals surface area contributed by atoms with Crippen molar-refractivity contribution in [3.8, 4) is 17.1 Å². The zero-order valence-corrected chi connectivity index (χ0v) is 19.6. The third-order valence-electron chi connectivity index (χ3n) is 6.29. The van der Waals surface area contributed by atoms with E-state index >= 15 is 0 Å². The zero-order chi connectivity index (χ0) is 25.6. The summed E-state index contributed by atoms with van der Waals surface area (Å²) in [6.45, 7) is 4.21. The number of nitrogens with zero attached hydrogens (tertiary/aromatic N) is 6. The first-order valence-electron chi connectivity index (χ1n) is 11.5. The highest BCUT2D eigenvalue weighted by atomic mass is 19.4. The first-order valence-corrected chi connectivity index (χ1v) is 11.5. The molecule has 0 N–H and O–H groups in total. The first-order chi connectivity index (χ1) is 17.1. The molecule has 3 heterocycles. The van der Waals surface area contributed by atoms with Crippen molar-refractivity contribution >= 4 is 0 Å². The topological polar surface area (TPSA) is 61.4 Å². The molecule has 5 rings (SSSR count). The van der Waals surface area contributed by atoms with Crippen LogP contribution in [-0.2, 0) is 19.1 Å². The van der Waals surface area contributed by atoms with Gasteiger partial charge in [0.2, 0.25) is 0 Å². The average molecular weight is 502 g/mol. The van der Waals surface area contributed by atoms with Crippen molar-refractivity contribution in [3.05, 3.63) is 76.6 Å². The molecule has 1 fully saturated rings. The SMILES string of the molecule is Cc1cc(C(F)F)n(-c2cc(Cc3c(C)c(-c4ccc(C(F)(F)F)cc4)nn3CC3CC3)ncn2)n1. The molecule has 36 heavy (non-hydrogen) atoms. The fourth-order valence-corrected chi connectivity index (χ4v) is 4.23. The van der Waals surface area contributed by atoms with Crippen LogP contribution < -0.4 is 0 Å². The molecule has 0 radical (unpaired) electrons. The summed E-state index contributed by atoms with van der Waals surface area (Å²) >= 11 is 0. The highest BCUT2D eigenvalue weighted by molar-refractivity contribution is 5.64. The Balaban J connectivity index is 1.50. The van der Waals surface area contributed by atoms with E-state index < -0.39 is 18.2 Å². The molecule has 188 valence electrons. The van der Waals surface area contributed by atoms with E-state index in [9.17, 15) is 22.0 Å². The minimum Gasteiger partial charge on any atom is -0.268 e. The van der Waals surface area contributed by atoms with Crippen molar-refractivity contribution < 1.29 is 22.0 Å². The molecular weight excluding hydrogens is 479 g/mol. The summed E-state index contributed by atoms with van der Waals surface area (Å²) in [7, 11) is 0. The van der Waals surface area contributed by atoms with Crippen molar-refractivity contribution in [2.24, 2.45) is 5.92 Å². The van der Waals surface area contributed by atoms with Crippen molar-refractivity contribution in [1.82, 2.24) is 29.5 Å². The number of hydrogen-bond donors (Lipinski definition) is 0. The maximum Gasteiger partial charge on any atom is 0.416 e. The van der Waals surface area contributed by atoms with Gasteiger partial charge in [-0.1, -0.05) is 12.1 Å². The lowest BCUT2D eigenvalue weighted by Gasteiger charge is -2.10. The molecule has 0 atom stereocenters. The molecule has 11 heteroatoms. The average Bonchev–Trinajstić information content (AvgIpc) is 3.49. The molecule has 0 bridgehead atoms. The molecule has 1 saturated carbocycles. The molecule has 4 aromatic rings. The van der Waals surface area contributed by atoms with E-state index in [2.05, 4.69) is 15.1 Å². The maximum absolute atomic E-state index is 13.5. The van der Waals surface area contributed by atoms with Crippen LogP contribution in [0.5, 0.6) is 0 Å². The summed E-state index contributed by atoms with van der Waals surface area (Å²) in [4.78, 5) is 8.47. The predicted octanol–water partition coefficient (Wildman–Crippen LogP) is 6.10. The van der Waals surface area contributed by atoms with E-state index in [4.69, 9.17) is 5.10 Å². The number of rotatable bonds is 7. The van der Waals surface area contributed by atoms with Gasteiger partial charge >= 0.3 is 6.18 Å². The lowest BCUT2D eigenvalue weighted by molar-refractivity contribution is -0.137. The number of aryl methyl sites for hydroxylation is 1. The summed E-state index contributed by atoms with van der Waals surface area (Å²) in [5.74, 6) is 0.738. The zero-order valence-electron chi connectivity index (χ0n) is 19.6. The fourth-order valence-electron chi connectivity index (χ4n) is 4.23. The molecule has 3 aromatic heterocycles. The van der Waals surface area contributed by atoms with Crippen molar-refractivity contribution in [2.45, 2.75) is 52.3 Å². The molecule has 0 amide bonds. The molecule has 0 saturated heterocycles. The van der Waals surface area contributed by atoms with Crippen molar-refractivity contribution in [1.29, 1.82) is 0 Å². The first kappa shape index (κ1) is 24.1. The Morgan fingerprint density at radius 1 is 1.00 bits per heavy atom. The minimum atomic E-state index is -4.41. The van der Waals surface area contributed by atoms with Crippen molar-refractivity contribution in [2.75, 3.05) is 0 Å². The van der Waals surface area contributed by atoms with Gasteiger partial charge in [-0.15, -0.1) is 0 Å². The van der Waals surface area contributed by atoms with Crippen LogP contribution in [0.3, 0.4) is 0 Å². The lowest BCUT2D eigenvalue weighted by atomic mass is 10.0. The van der Waals surface area contributed by atoms with Gasteiger partial charge < -0.3 is 0 Å². The Bertz CT molecular complexity index is 1380. The summed E-state index contributed by atoms with van der Waals surface area (Å²) in [6, 6.07) is 7.90. The second-order valence-electron chi connectivity index (χ2n) is 9.09. The molecule has 1 aromatic carbocycles. The standard InChI is InChI=1S/C25H23F5N6/c1-14-9-21(24(26)27)36(33-14)22-11-19(31-13-32-22)10-20-15(2)23(34-35(20)12-16-3-4-16)17-5-7-18(8-6-17)25(28,29)30/h5-9,11,13,16,24H,3-4,10,12H2,1-2H3. The van der Waals surface area contributed by atoms with Gasteiger partial charge in [0.25, 0.3) is 6.43 Å². The van der Waals surface area contributed by atoms with Crippen LogP contribution in [0.1, 0.15) is 53.2 Å². The second-order valence-corrected chi connectivity index (χ2v) is 9.09. The molecule has 1 aliphatic carbocycles. The second kappa shape index (κ2) is 9.11. The van der Waals surface area contributed by atoms with Gasteiger partial charge in [-0.2, -0.15) is 23.4 Å². The highest BCUT2D eigenvalue weighted by Crippen LogP contribution is 2.35. The number of hydrogen-bond acceptors (Lipinski definition) is 4. The van der Waals surface area contributed by atoms with Crippen LogP contribution in [0.2, 0.25) is 0 Å². The van der Waals surface area contributed by atoms with Gasteiger partial charge in [-0.3, -0.25) is 4.68 Å². The highest BCUT2D eigenvalue weighted by Gasteiger charge is 2.30. The Morgan fingerprint density at radius 3 is 2.36 bits per heavy atom. The van der Waals surface area contributed by atoms with Gasteiger partial charge in [0.15, 0.2) is 5.82 Å². The van der Waals surface area contributed by atoms with Crippen molar-refractivity contribution in [3.63, 3.8) is 0 Å². The summed E-state index contributed by atoms with van der Waals surface area (Å²) in [6.07, 6.45) is -3.26. The van der Waals surface area contributed by atoms with Gasteiger partial charge in [0, 0.05) is 30.3 Å². The van der Waals surface area contributed by atoms with E-state index in [-0.39, 0.29) is 11.5 Å². The van der Waals surface area contributed by atoms with Crippen LogP contribution in [-0.4, -0.2) is 29.5 Å². The normalized spacial score (nSPS) is 14.1. The number of halogens is 5. The smallest absolute Gasteiger partial charge is 0.268 e. The van der Waals surface area contributed by atoms with Gasteiger partial charge in [0.1, 0.15) is 12.0 Å². The van der Waals surface area contributed by atoms with E-state index in [0.29, 0.717) is 41.5 Å². The third-order valence-corrected chi connectivity index (χ3v) is 6.29. The summed E-state index contributed by atoms with van der Waals surface area (Å²) < 4.78 is 69.0. The van der Waals surface area contributed by atoms with E-state index in [0.717, 1.165) is 40.9 Å². The molecule has 0 spiro atoms. The molecular formula is C25H23F5N6. The maximum atomic E-state index is 13.5. The number of benzene rings is 1. The monoisotopic (exact) mass is 502 g/mol. The molecule has 6 nitrogen and oxygen atoms in total.